The number of ether oxygens (including phenoxy) is 2. The van der Waals surface area contributed by atoms with Gasteiger partial charge in [-0.15, -0.1) is 0 Å². The lowest BCUT2D eigenvalue weighted by Gasteiger charge is -2.33. The fourth-order valence-corrected chi connectivity index (χ4v) is 3.46. The molecule has 0 bridgehead atoms. The highest BCUT2D eigenvalue weighted by Crippen LogP contribution is 2.40. The fourth-order valence-electron chi connectivity index (χ4n) is 2.85. The van der Waals surface area contributed by atoms with Crippen LogP contribution in [0.3, 0.4) is 0 Å². The highest BCUT2D eigenvalue weighted by Gasteiger charge is 2.25. The Hall–Kier alpha value is -0.740. The van der Waals surface area contributed by atoms with Crippen LogP contribution in [0.5, 0.6) is 11.5 Å². The minimum Gasteiger partial charge on any atom is -0.454 e. The number of rotatable bonds is 4. The normalized spacial score (nSPS) is 14.7. The molecule has 2 rings (SSSR count). The molecule has 0 fully saturated rings. The molecule has 0 saturated heterocycles. The summed E-state index contributed by atoms with van der Waals surface area (Å²) in [6.45, 7) is 12.4. The molecule has 1 aliphatic rings. The second-order valence-corrected chi connectivity index (χ2v) is 8.14. The predicted octanol–water partition coefficient (Wildman–Crippen LogP) is 4.48. The van der Waals surface area contributed by atoms with Crippen LogP contribution in [0, 0.1) is 5.41 Å². The zero-order chi connectivity index (χ0) is 15.0. The summed E-state index contributed by atoms with van der Waals surface area (Å²) >= 11 is 3.53. The highest BCUT2D eigenvalue weighted by molar-refractivity contribution is 9.10. The lowest BCUT2D eigenvalue weighted by molar-refractivity contribution is 0.173. The first kappa shape index (κ1) is 15.6. The summed E-state index contributed by atoms with van der Waals surface area (Å²) in [6, 6.07) is 4.14. The molecular formula is C16H24BrNO2. The fraction of sp³-hybridized carbons (Fsp3) is 0.625. The van der Waals surface area contributed by atoms with Crippen molar-refractivity contribution in [3.8, 4) is 11.5 Å². The lowest BCUT2D eigenvalue weighted by atomic mass is 9.82. The molecule has 1 aromatic rings. The third-order valence-electron chi connectivity index (χ3n) is 3.23. The molecule has 112 valence electrons. The Bertz CT molecular complexity index is 492. The van der Waals surface area contributed by atoms with Gasteiger partial charge in [0.25, 0.3) is 0 Å². The van der Waals surface area contributed by atoms with Gasteiger partial charge < -0.3 is 14.8 Å². The third kappa shape index (κ3) is 4.13. The van der Waals surface area contributed by atoms with Crippen LogP contribution in [0.4, 0.5) is 0 Å². The molecule has 1 N–H and O–H groups in total. The number of halogens is 1. The monoisotopic (exact) mass is 341 g/mol. The minimum absolute atomic E-state index is 0.0983. The maximum atomic E-state index is 5.45. The maximum Gasteiger partial charge on any atom is 0.231 e. The minimum atomic E-state index is 0.0983. The average molecular weight is 342 g/mol. The summed E-state index contributed by atoms with van der Waals surface area (Å²) in [5.74, 6) is 1.63. The first-order chi connectivity index (χ1) is 9.16. The van der Waals surface area contributed by atoms with Crippen molar-refractivity contribution in [1.29, 1.82) is 0 Å². The number of nitrogens with one attached hydrogen (secondary N) is 1. The molecule has 4 heteroatoms. The van der Waals surface area contributed by atoms with Crippen molar-refractivity contribution in [1.82, 2.24) is 5.32 Å². The van der Waals surface area contributed by atoms with Crippen LogP contribution in [0.25, 0.3) is 0 Å². The second-order valence-electron chi connectivity index (χ2n) is 7.29. The molecule has 0 radical (unpaired) electrons. The van der Waals surface area contributed by atoms with Gasteiger partial charge in [-0.2, -0.15) is 0 Å². The van der Waals surface area contributed by atoms with E-state index in [1.54, 1.807) is 0 Å². The van der Waals surface area contributed by atoms with Gasteiger partial charge in [-0.3, -0.25) is 0 Å². The number of hydrogen-bond donors (Lipinski definition) is 1. The van der Waals surface area contributed by atoms with Gasteiger partial charge in [0.05, 0.1) is 4.47 Å². The predicted molar refractivity (Wildman–Crippen MR) is 85.3 cm³/mol. The standard InChI is InChI=1S/C16H24BrNO2/c1-15(2,3)9-16(4,5)18-8-11-6-12(17)14-13(7-11)19-10-20-14/h6-7,18H,8-10H2,1-5H3. The largest absolute Gasteiger partial charge is 0.454 e. The van der Waals surface area contributed by atoms with Crippen molar-refractivity contribution >= 4 is 15.9 Å². The Kier molecular flexibility index (Phi) is 4.35. The quantitative estimate of drug-likeness (QED) is 0.875. The summed E-state index contributed by atoms with van der Waals surface area (Å²) in [6.07, 6.45) is 1.12. The van der Waals surface area contributed by atoms with E-state index in [0.29, 0.717) is 12.2 Å². The second kappa shape index (κ2) is 5.57. The van der Waals surface area contributed by atoms with Crippen LogP contribution < -0.4 is 14.8 Å². The van der Waals surface area contributed by atoms with E-state index < -0.39 is 0 Å². The lowest BCUT2D eigenvalue weighted by Crippen LogP contribution is -2.41. The molecule has 0 atom stereocenters. The molecule has 0 unspecified atom stereocenters. The van der Waals surface area contributed by atoms with E-state index in [1.807, 2.05) is 6.07 Å². The first-order valence-electron chi connectivity index (χ1n) is 6.99. The van der Waals surface area contributed by atoms with Gasteiger partial charge in [0.15, 0.2) is 11.5 Å². The van der Waals surface area contributed by atoms with Crippen LogP contribution >= 0.6 is 15.9 Å². The molecule has 1 aliphatic heterocycles. The van der Waals surface area contributed by atoms with E-state index in [4.69, 9.17) is 9.47 Å². The van der Waals surface area contributed by atoms with E-state index >= 15 is 0 Å². The van der Waals surface area contributed by atoms with Gasteiger partial charge in [0, 0.05) is 12.1 Å². The average Bonchev–Trinajstić information content (AvgIpc) is 2.72. The van der Waals surface area contributed by atoms with E-state index in [-0.39, 0.29) is 5.54 Å². The summed E-state index contributed by atoms with van der Waals surface area (Å²) in [7, 11) is 0. The Morgan fingerprint density at radius 1 is 1.15 bits per heavy atom. The molecule has 1 heterocycles. The highest BCUT2D eigenvalue weighted by atomic mass is 79.9. The molecule has 0 aliphatic carbocycles. The van der Waals surface area contributed by atoms with Crippen LogP contribution in [0.1, 0.15) is 46.6 Å². The van der Waals surface area contributed by atoms with Crippen LogP contribution in [0.15, 0.2) is 16.6 Å². The first-order valence-corrected chi connectivity index (χ1v) is 7.79. The SMILES string of the molecule is CC(C)(C)CC(C)(C)NCc1cc(Br)c2c(c1)OCO2. The Morgan fingerprint density at radius 3 is 2.50 bits per heavy atom. The summed E-state index contributed by atoms with van der Waals surface area (Å²) < 4.78 is 11.8. The van der Waals surface area contributed by atoms with Gasteiger partial charge >= 0.3 is 0 Å². The molecule has 0 saturated carbocycles. The van der Waals surface area contributed by atoms with E-state index in [9.17, 15) is 0 Å². The number of fused-ring (bicyclic) bond motifs is 1. The summed E-state index contributed by atoms with van der Waals surface area (Å²) in [4.78, 5) is 0. The zero-order valence-corrected chi connectivity index (χ0v) is 14.6. The molecule has 0 spiro atoms. The van der Waals surface area contributed by atoms with E-state index in [2.05, 4.69) is 61.9 Å². The molecule has 1 aromatic carbocycles. The summed E-state index contributed by atoms with van der Waals surface area (Å²) in [5, 5.41) is 3.63. The van der Waals surface area contributed by atoms with Crippen molar-refractivity contribution < 1.29 is 9.47 Å². The molecule has 0 aromatic heterocycles. The van der Waals surface area contributed by atoms with Gasteiger partial charge in [-0.05, 0) is 59.3 Å². The Balaban J connectivity index is 2.03. The van der Waals surface area contributed by atoms with Crippen molar-refractivity contribution in [2.75, 3.05) is 6.79 Å². The van der Waals surface area contributed by atoms with Crippen molar-refractivity contribution in [3.05, 3.63) is 22.2 Å². The van der Waals surface area contributed by atoms with E-state index in [1.165, 1.54) is 5.56 Å². The van der Waals surface area contributed by atoms with Gasteiger partial charge in [-0.1, -0.05) is 20.8 Å². The topological polar surface area (TPSA) is 30.5 Å². The smallest absolute Gasteiger partial charge is 0.231 e. The molecular weight excluding hydrogens is 318 g/mol. The van der Waals surface area contributed by atoms with Gasteiger partial charge in [-0.25, -0.2) is 0 Å². The summed E-state index contributed by atoms with van der Waals surface area (Å²) in [5.41, 5.74) is 1.61. The zero-order valence-electron chi connectivity index (χ0n) is 13.0. The van der Waals surface area contributed by atoms with Crippen LogP contribution in [-0.4, -0.2) is 12.3 Å². The third-order valence-corrected chi connectivity index (χ3v) is 3.82. The van der Waals surface area contributed by atoms with Crippen molar-refractivity contribution in [3.63, 3.8) is 0 Å². The van der Waals surface area contributed by atoms with Crippen LogP contribution in [-0.2, 0) is 6.54 Å². The number of benzene rings is 1. The molecule has 20 heavy (non-hydrogen) atoms. The van der Waals surface area contributed by atoms with E-state index in [0.717, 1.165) is 28.9 Å². The van der Waals surface area contributed by atoms with Gasteiger partial charge in [0.2, 0.25) is 6.79 Å². The number of hydrogen-bond acceptors (Lipinski definition) is 3. The Morgan fingerprint density at radius 2 is 1.85 bits per heavy atom. The van der Waals surface area contributed by atoms with Crippen LogP contribution in [0.2, 0.25) is 0 Å². The van der Waals surface area contributed by atoms with Gasteiger partial charge in [0.1, 0.15) is 0 Å². The van der Waals surface area contributed by atoms with Crippen molar-refractivity contribution in [2.24, 2.45) is 5.41 Å². The Labute approximate surface area is 130 Å². The maximum absolute atomic E-state index is 5.45. The van der Waals surface area contributed by atoms with Crippen molar-refractivity contribution in [2.45, 2.75) is 53.1 Å². The molecule has 3 nitrogen and oxygen atoms in total. The molecule has 0 amide bonds.